The molecule has 0 aliphatic carbocycles. The highest BCUT2D eigenvalue weighted by Gasteiger charge is 2.02. The minimum atomic E-state index is -0.479. The van der Waals surface area contributed by atoms with Crippen molar-refractivity contribution in [2.45, 2.75) is 0 Å². The fourth-order valence-electron chi connectivity index (χ4n) is 1.67. The van der Waals surface area contributed by atoms with E-state index in [4.69, 9.17) is 4.74 Å². The highest BCUT2D eigenvalue weighted by atomic mass is 16.5. The molecular weight excluding hydrogens is 238 g/mol. The topological polar surface area (TPSA) is 38.3 Å². The van der Waals surface area contributed by atoms with Crippen LogP contribution in [-0.2, 0) is 4.74 Å². The lowest BCUT2D eigenvalue weighted by Crippen LogP contribution is -2.13. The van der Waals surface area contributed by atoms with E-state index < -0.39 is 6.09 Å². The number of ether oxygens (including phenoxy) is 1. The summed E-state index contributed by atoms with van der Waals surface area (Å²) in [5.74, 6) is 0. The van der Waals surface area contributed by atoms with Crippen LogP contribution >= 0.6 is 0 Å². The van der Waals surface area contributed by atoms with Gasteiger partial charge in [0.1, 0.15) is 6.61 Å². The largest absolute Gasteiger partial charge is 0.445 e. The fraction of sp³-hybridized carbons (Fsp3) is 0.0625. The minimum absolute atomic E-state index is 0.202. The summed E-state index contributed by atoms with van der Waals surface area (Å²) in [7, 11) is 0. The zero-order valence-corrected chi connectivity index (χ0v) is 10.5. The number of amides is 1. The van der Waals surface area contributed by atoms with Gasteiger partial charge in [0.25, 0.3) is 0 Å². The van der Waals surface area contributed by atoms with E-state index >= 15 is 0 Å². The summed E-state index contributed by atoms with van der Waals surface area (Å²) in [6, 6.07) is 17.7. The number of benzene rings is 2. The summed E-state index contributed by atoms with van der Waals surface area (Å²) < 4.78 is 4.84. The first-order valence-corrected chi connectivity index (χ1v) is 6.00. The summed E-state index contributed by atoms with van der Waals surface area (Å²) in [5.41, 5.74) is 2.95. The maximum atomic E-state index is 11.3. The maximum absolute atomic E-state index is 11.3. The first-order chi connectivity index (χ1) is 9.29. The molecule has 0 bridgehead atoms. The third kappa shape index (κ3) is 3.71. The molecule has 1 amide bonds. The average molecular weight is 253 g/mol. The third-order valence-corrected chi connectivity index (χ3v) is 2.57. The van der Waals surface area contributed by atoms with Gasteiger partial charge >= 0.3 is 6.09 Å². The fourth-order valence-corrected chi connectivity index (χ4v) is 1.67. The molecule has 1 N–H and O–H groups in total. The van der Waals surface area contributed by atoms with Crippen molar-refractivity contribution in [2.75, 3.05) is 11.9 Å². The molecule has 0 saturated heterocycles. The van der Waals surface area contributed by atoms with E-state index in [0.717, 1.165) is 11.1 Å². The van der Waals surface area contributed by atoms with Gasteiger partial charge in [-0.2, -0.15) is 0 Å². The predicted octanol–water partition coefficient (Wildman–Crippen LogP) is 4.09. The Morgan fingerprint density at radius 2 is 1.68 bits per heavy atom. The Hall–Kier alpha value is -2.55. The molecule has 2 aromatic rings. The van der Waals surface area contributed by atoms with Gasteiger partial charge in [-0.25, -0.2) is 4.79 Å². The quantitative estimate of drug-likeness (QED) is 0.833. The lowest BCUT2D eigenvalue weighted by atomic mass is 10.1. The van der Waals surface area contributed by atoms with Gasteiger partial charge in [0.05, 0.1) is 0 Å². The van der Waals surface area contributed by atoms with Crippen LogP contribution in [0.15, 0.2) is 67.3 Å². The standard InChI is InChI=1S/C16H15NO2/c1-2-12-19-16(18)17-15-10-8-14(9-11-15)13-6-4-3-5-7-13/h2-11H,1,12H2,(H,17,18). The molecular formula is C16H15NO2. The van der Waals surface area contributed by atoms with Crippen molar-refractivity contribution in [3.05, 3.63) is 67.3 Å². The smallest absolute Gasteiger partial charge is 0.411 e. The number of carbonyl (C=O) groups is 1. The molecule has 0 fully saturated rings. The molecule has 0 saturated carbocycles. The Balaban J connectivity index is 2.03. The molecule has 0 unspecified atom stereocenters. The molecule has 2 rings (SSSR count). The SMILES string of the molecule is C=CCOC(=O)Nc1ccc(-c2ccccc2)cc1. The highest BCUT2D eigenvalue weighted by molar-refractivity contribution is 5.85. The molecule has 19 heavy (non-hydrogen) atoms. The lowest BCUT2D eigenvalue weighted by Gasteiger charge is -2.06. The van der Waals surface area contributed by atoms with Crippen LogP contribution in [0.3, 0.4) is 0 Å². The number of hydrogen-bond donors (Lipinski definition) is 1. The normalized spacial score (nSPS) is 9.68. The average Bonchev–Trinajstić information content (AvgIpc) is 2.47. The first kappa shape index (κ1) is 12.9. The van der Waals surface area contributed by atoms with Gasteiger partial charge in [-0.05, 0) is 23.3 Å². The Labute approximate surface area is 112 Å². The van der Waals surface area contributed by atoms with Gasteiger partial charge in [-0.15, -0.1) is 0 Å². The second-order valence-corrected chi connectivity index (χ2v) is 3.96. The van der Waals surface area contributed by atoms with Gasteiger partial charge in [-0.3, -0.25) is 5.32 Å². The molecule has 0 radical (unpaired) electrons. The zero-order chi connectivity index (χ0) is 13.5. The second kappa shape index (κ2) is 6.40. The number of carbonyl (C=O) groups excluding carboxylic acids is 1. The van der Waals surface area contributed by atoms with Crippen molar-refractivity contribution in [3.63, 3.8) is 0 Å². The minimum Gasteiger partial charge on any atom is -0.445 e. The molecule has 0 aliphatic heterocycles. The molecule has 0 aliphatic rings. The van der Waals surface area contributed by atoms with Crippen LogP contribution < -0.4 is 5.32 Å². The summed E-state index contributed by atoms with van der Waals surface area (Å²) >= 11 is 0. The number of anilines is 1. The second-order valence-electron chi connectivity index (χ2n) is 3.96. The third-order valence-electron chi connectivity index (χ3n) is 2.57. The van der Waals surface area contributed by atoms with Gasteiger partial charge in [0, 0.05) is 5.69 Å². The van der Waals surface area contributed by atoms with Crippen LogP contribution in [0, 0.1) is 0 Å². The maximum Gasteiger partial charge on any atom is 0.411 e. The van der Waals surface area contributed by atoms with E-state index in [9.17, 15) is 4.79 Å². The van der Waals surface area contributed by atoms with Crippen LogP contribution in [0.2, 0.25) is 0 Å². The lowest BCUT2D eigenvalue weighted by molar-refractivity contribution is 0.174. The van der Waals surface area contributed by atoms with E-state index in [2.05, 4.69) is 11.9 Å². The molecule has 3 heteroatoms. The van der Waals surface area contributed by atoms with Crippen LogP contribution in [0.5, 0.6) is 0 Å². The van der Waals surface area contributed by atoms with E-state index in [-0.39, 0.29) is 6.61 Å². The van der Waals surface area contributed by atoms with Gasteiger partial charge in [0.15, 0.2) is 0 Å². The van der Waals surface area contributed by atoms with E-state index in [1.54, 1.807) is 0 Å². The molecule has 0 aromatic heterocycles. The molecule has 96 valence electrons. The predicted molar refractivity (Wildman–Crippen MR) is 77.0 cm³/mol. The van der Waals surface area contributed by atoms with Crippen LogP contribution in [0.25, 0.3) is 11.1 Å². The summed E-state index contributed by atoms with van der Waals surface area (Å²) in [5, 5.41) is 2.65. The zero-order valence-electron chi connectivity index (χ0n) is 10.5. The number of rotatable bonds is 4. The summed E-state index contributed by atoms with van der Waals surface area (Å²) in [6.45, 7) is 3.68. The van der Waals surface area contributed by atoms with Gasteiger partial charge in [-0.1, -0.05) is 55.1 Å². The molecule has 0 atom stereocenters. The molecule has 3 nitrogen and oxygen atoms in total. The van der Waals surface area contributed by atoms with Gasteiger partial charge < -0.3 is 4.74 Å². The Bertz CT molecular complexity index is 547. The Kier molecular flexibility index (Phi) is 4.34. The van der Waals surface area contributed by atoms with Crippen molar-refractivity contribution in [1.82, 2.24) is 0 Å². The van der Waals surface area contributed by atoms with Crippen molar-refractivity contribution in [3.8, 4) is 11.1 Å². The molecule has 0 heterocycles. The van der Waals surface area contributed by atoms with Gasteiger partial charge in [0.2, 0.25) is 0 Å². The van der Waals surface area contributed by atoms with E-state index in [1.165, 1.54) is 6.08 Å². The first-order valence-electron chi connectivity index (χ1n) is 6.00. The van der Waals surface area contributed by atoms with Crippen LogP contribution in [0.4, 0.5) is 10.5 Å². The van der Waals surface area contributed by atoms with E-state index in [0.29, 0.717) is 5.69 Å². The number of hydrogen-bond acceptors (Lipinski definition) is 2. The highest BCUT2D eigenvalue weighted by Crippen LogP contribution is 2.20. The summed E-state index contributed by atoms with van der Waals surface area (Å²) in [4.78, 5) is 11.3. The molecule has 2 aromatic carbocycles. The van der Waals surface area contributed by atoms with Crippen molar-refractivity contribution < 1.29 is 9.53 Å². The summed E-state index contributed by atoms with van der Waals surface area (Å²) in [6.07, 6.45) is 1.05. The van der Waals surface area contributed by atoms with Crippen LogP contribution in [0.1, 0.15) is 0 Å². The van der Waals surface area contributed by atoms with E-state index in [1.807, 2.05) is 54.6 Å². The van der Waals surface area contributed by atoms with Crippen molar-refractivity contribution in [1.29, 1.82) is 0 Å². The molecule has 0 spiro atoms. The monoisotopic (exact) mass is 253 g/mol. The number of nitrogens with one attached hydrogen (secondary N) is 1. The van der Waals surface area contributed by atoms with Crippen molar-refractivity contribution >= 4 is 11.8 Å². The van der Waals surface area contributed by atoms with Crippen LogP contribution in [-0.4, -0.2) is 12.7 Å². The Morgan fingerprint density at radius 1 is 1.05 bits per heavy atom. The van der Waals surface area contributed by atoms with Crippen molar-refractivity contribution in [2.24, 2.45) is 0 Å². The Morgan fingerprint density at radius 3 is 2.32 bits per heavy atom.